The third-order valence-electron chi connectivity index (χ3n) is 4.20. The summed E-state index contributed by atoms with van der Waals surface area (Å²) in [7, 11) is 0. The number of carbonyl (C=O) groups is 2. The smallest absolute Gasteiger partial charge is 0.257 e. The van der Waals surface area contributed by atoms with Gasteiger partial charge in [0.2, 0.25) is 5.91 Å². The van der Waals surface area contributed by atoms with Gasteiger partial charge in [-0.25, -0.2) is 4.98 Å². The molecular weight excluding hydrogens is 352 g/mol. The predicted octanol–water partition coefficient (Wildman–Crippen LogP) is 4.65. The number of nitrogens with zero attached hydrogens (tertiary/aromatic N) is 1. The summed E-state index contributed by atoms with van der Waals surface area (Å²) in [6.45, 7) is 5.50. The van der Waals surface area contributed by atoms with Crippen molar-refractivity contribution < 1.29 is 9.59 Å². The predicted molar refractivity (Wildman–Crippen MR) is 112 cm³/mol. The highest BCUT2D eigenvalue weighted by molar-refractivity contribution is 6.04. The van der Waals surface area contributed by atoms with Gasteiger partial charge in [-0.15, -0.1) is 0 Å². The lowest BCUT2D eigenvalue weighted by Crippen LogP contribution is -2.13. The van der Waals surface area contributed by atoms with E-state index in [1.807, 2.05) is 32.0 Å². The molecule has 0 saturated carbocycles. The molecule has 0 saturated heterocycles. The molecule has 2 aromatic carbocycles. The number of aryl methyl sites for hydroxylation is 2. The maximum absolute atomic E-state index is 12.5. The molecule has 0 fully saturated rings. The van der Waals surface area contributed by atoms with Crippen molar-refractivity contribution in [3.63, 3.8) is 0 Å². The highest BCUT2D eigenvalue weighted by Crippen LogP contribution is 2.23. The van der Waals surface area contributed by atoms with Gasteiger partial charge in [-0.05, 0) is 55.3 Å². The van der Waals surface area contributed by atoms with Crippen molar-refractivity contribution in [2.75, 3.05) is 16.0 Å². The Morgan fingerprint density at radius 3 is 2.11 bits per heavy atom. The zero-order valence-corrected chi connectivity index (χ0v) is 16.0. The lowest BCUT2D eigenvalue weighted by molar-refractivity contribution is -0.114. The molecule has 0 aliphatic heterocycles. The van der Waals surface area contributed by atoms with Gasteiger partial charge >= 0.3 is 0 Å². The third-order valence-corrected chi connectivity index (χ3v) is 4.20. The van der Waals surface area contributed by atoms with Gasteiger partial charge in [-0.3, -0.25) is 9.59 Å². The van der Waals surface area contributed by atoms with Crippen molar-refractivity contribution in [1.82, 2.24) is 4.98 Å². The molecule has 1 heterocycles. The van der Waals surface area contributed by atoms with Crippen LogP contribution in [0.5, 0.6) is 0 Å². The Kier molecular flexibility index (Phi) is 5.69. The molecule has 0 atom stereocenters. The van der Waals surface area contributed by atoms with Crippen LogP contribution >= 0.6 is 0 Å². The minimum Gasteiger partial charge on any atom is -0.340 e. The maximum Gasteiger partial charge on any atom is 0.257 e. The highest BCUT2D eigenvalue weighted by atomic mass is 16.2. The van der Waals surface area contributed by atoms with E-state index in [4.69, 9.17) is 0 Å². The zero-order chi connectivity index (χ0) is 20.1. The Morgan fingerprint density at radius 1 is 0.857 bits per heavy atom. The third kappa shape index (κ3) is 4.73. The van der Waals surface area contributed by atoms with Gasteiger partial charge in [0.1, 0.15) is 5.82 Å². The maximum atomic E-state index is 12.5. The fraction of sp³-hybridized carbons (Fsp3) is 0.136. The Balaban J connectivity index is 1.69. The van der Waals surface area contributed by atoms with E-state index in [1.165, 1.54) is 13.1 Å². The zero-order valence-electron chi connectivity index (χ0n) is 16.0. The molecular formula is C22H22N4O2. The minimum absolute atomic E-state index is 0.167. The van der Waals surface area contributed by atoms with E-state index in [2.05, 4.69) is 20.9 Å². The van der Waals surface area contributed by atoms with Crippen LogP contribution in [0.1, 0.15) is 28.4 Å². The molecule has 0 aliphatic carbocycles. The Labute approximate surface area is 164 Å². The first kappa shape index (κ1) is 19.1. The van der Waals surface area contributed by atoms with Crippen molar-refractivity contribution >= 4 is 34.7 Å². The van der Waals surface area contributed by atoms with Crippen molar-refractivity contribution in [3.05, 3.63) is 77.5 Å². The first-order valence-corrected chi connectivity index (χ1v) is 8.90. The Morgan fingerprint density at radius 2 is 1.50 bits per heavy atom. The van der Waals surface area contributed by atoms with E-state index in [1.54, 1.807) is 36.4 Å². The molecule has 0 aliphatic rings. The number of nitrogens with one attached hydrogen (secondary N) is 3. The number of hydrogen-bond donors (Lipinski definition) is 3. The Bertz CT molecular complexity index is 993. The molecule has 0 radical (unpaired) electrons. The van der Waals surface area contributed by atoms with Crippen LogP contribution in [0.2, 0.25) is 0 Å². The molecule has 28 heavy (non-hydrogen) atoms. The normalized spacial score (nSPS) is 10.2. The minimum atomic E-state index is -0.272. The van der Waals surface area contributed by atoms with Crippen LogP contribution in [0.25, 0.3) is 0 Å². The van der Waals surface area contributed by atoms with Crippen molar-refractivity contribution in [3.8, 4) is 0 Å². The van der Waals surface area contributed by atoms with Crippen LogP contribution in [0.15, 0.2) is 60.8 Å². The molecule has 6 heteroatoms. The SMILES string of the molecule is CC(=O)Nc1cccc(NC(=O)c2ccc(Nc3c(C)cccc3C)nc2)c1. The van der Waals surface area contributed by atoms with Gasteiger partial charge in [0, 0.05) is 30.2 Å². The van der Waals surface area contributed by atoms with Crippen molar-refractivity contribution in [2.45, 2.75) is 20.8 Å². The fourth-order valence-corrected chi connectivity index (χ4v) is 2.82. The first-order valence-electron chi connectivity index (χ1n) is 8.90. The molecule has 3 N–H and O–H groups in total. The van der Waals surface area contributed by atoms with E-state index in [0.717, 1.165) is 16.8 Å². The molecule has 142 valence electrons. The number of para-hydroxylation sites is 1. The first-order chi connectivity index (χ1) is 13.4. The molecule has 6 nitrogen and oxygen atoms in total. The lowest BCUT2D eigenvalue weighted by Gasteiger charge is -2.12. The summed E-state index contributed by atoms with van der Waals surface area (Å²) >= 11 is 0. The van der Waals surface area contributed by atoms with Crippen molar-refractivity contribution in [2.24, 2.45) is 0 Å². The number of amides is 2. The van der Waals surface area contributed by atoms with Crippen molar-refractivity contribution in [1.29, 1.82) is 0 Å². The monoisotopic (exact) mass is 374 g/mol. The van der Waals surface area contributed by atoms with Gasteiger partial charge in [-0.1, -0.05) is 24.3 Å². The molecule has 3 aromatic rings. The molecule has 0 bridgehead atoms. The second kappa shape index (κ2) is 8.35. The van der Waals surface area contributed by atoms with Gasteiger partial charge in [0.25, 0.3) is 5.91 Å². The molecule has 1 aromatic heterocycles. The number of benzene rings is 2. The molecule has 0 unspecified atom stereocenters. The second-order valence-corrected chi connectivity index (χ2v) is 6.54. The van der Waals surface area contributed by atoms with E-state index in [9.17, 15) is 9.59 Å². The summed E-state index contributed by atoms with van der Waals surface area (Å²) in [4.78, 5) is 28.0. The lowest BCUT2D eigenvalue weighted by atomic mass is 10.1. The van der Waals surface area contributed by atoms with Gasteiger partial charge in [0.05, 0.1) is 5.56 Å². The van der Waals surface area contributed by atoms with E-state index < -0.39 is 0 Å². The summed E-state index contributed by atoms with van der Waals surface area (Å²) < 4.78 is 0. The molecule has 3 rings (SSSR count). The number of carbonyl (C=O) groups excluding carboxylic acids is 2. The average molecular weight is 374 g/mol. The standard InChI is InChI=1S/C22H22N4O2/c1-14-6-4-7-15(2)21(14)26-20-11-10-17(13-23-20)22(28)25-19-9-5-8-18(12-19)24-16(3)27/h4-13H,1-3H3,(H,23,26)(H,24,27)(H,25,28). The van der Waals surface area contributed by atoms with Gasteiger partial charge in [0.15, 0.2) is 0 Å². The number of hydrogen-bond acceptors (Lipinski definition) is 4. The molecule has 2 amide bonds. The van der Waals surface area contributed by atoms with E-state index in [-0.39, 0.29) is 11.8 Å². The number of rotatable bonds is 5. The second-order valence-electron chi connectivity index (χ2n) is 6.54. The number of aromatic nitrogens is 1. The Hall–Kier alpha value is -3.67. The quantitative estimate of drug-likeness (QED) is 0.607. The summed E-state index contributed by atoms with van der Waals surface area (Å²) in [6.07, 6.45) is 1.53. The summed E-state index contributed by atoms with van der Waals surface area (Å²) in [5.41, 5.74) is 4.93. The van der Waals surface area contributed by atoms with E-state index in [0.29, 0.717) is 22.8 Å². The van der Waals surface area contributed by atoms with Crippen LogP contribution < -0.4 is 16.0 Å². The van der Waals surface area contributed by atoms with Crippen LogP contribution in [-0.2, 0) is 4.79 Å². The fourth-order valence-electron chi connectivity index (χ4n) is 2.82. The van der Waals surface area contributed by atoms with Gasteiger partial charge < -0.3 is 16.0 Å². The van der Waals surface area contributed by atoms with Crippen LogP contribution in [0, 0.1) is 13.8 Å². The van der Waals surface area contributed by atoms with Crippen LogP contribution in [-0.4, -0.2) is 16.8 Å². The highest BCUT2D eigenvalue weighted by Gasteiger charge is 2.09. The van der Waals surface area contributed by atoms with Crippen LogP contribution in [0.4, 0.5) is 22.9 Å². The number of anilines is 4. The topological polar surface area (TPSA) is 83.1 Å². The summed E-state index contributed by atoms with van der Waals surface area (Å²) in [5.74, 6) is 0.229. The van der Waals surface area contributed by atoms with E-state index >= 15 is 0 Å². The summed E-state index contributed by atoms with van der Waals surface area (Å²) in [6, 6.07) is 16.5. The largest absolute Gasteiger partial charge is 0.340 e. The van der Waals surface area contributed by atoms with Crippen LogP contribution in [0.3, 0.4) is 0 Å². The molecule has 0 spiro atoms. The average Bonchev–Trinajstić information content (AvgIpc) is 2.65. The number of pyridine rings is 1. The summed E-state index contributed by atoms with van der Waals surface area (Å²) in [5, 5.41) is 8.79. The van der Waals surface area contributed by atoms with Gasteiger partial charge in [-0.2, -0.15) is 0 Å².